The minimum absolute atomic E-state index is 0.315. The third-order valence-electron chi connectivity index (χ3n) is 5.23. The average molecular weight is 445 g/mol. The predicted molar refractivity (Wildman–Crippen MR) is 117 cm³/mol. The van der Waals surface area contributed by atoms with Crippen LogP contribution in [-0.4, -0.2) is 57.2 Å². The van der Waals surface area contributed by atoms with Crippen LogP contribution in [0.2, 0.25) is 0 Å². The van der Waals surface area contributed by atoms with Crippen molar-refractivity contribution in [1.29, 1.82) is 0 Å². The van der Waals surface area contributed by atoms with Crippen LogP contribution >= 0.6 is 0 Å². The van der Waals surface area contributed by atoms with Crippen LogP contribution in [0.4, 0.5) is 5.82 Å². The van der Waals surface area contributed by atoms with Crippen molar-refractivity contribution in [2.75, 3.05) is 38.8 Å². The Balaban J connectivity index is 1.66. The molecule has 0 spiro atoms. The third-order valence-corrected chi connectivity index (χ3v) is 5.84. The number of aromatic nitrogens is 3. The van der Waals surface area contributed by atoms with E-state index in [0.29, 0.717) is 36.2 Å². The summed E-state index contributed by atoms with van der Waals surface area (Å²) in [6.45, 7) is 1.82. The predicted octanol–water partition coefficient (Wildman–Crippen LogP) is 1.33. The van der Waals surface area contributed by atoms with E-state index in [1.54, 1.807) is 26.6 Å². The molecule has 164 valence electrons. The summed E-state index contributed by atoms with van der Waals surface area (Å²) >= 11 is 0. The van der Waals surface area contributed by atoms with E-state index in [-0.39, 0.29) is 0 Å². The van der Waals surface area contributed by atoms with Crippen LogP contribution in [-0.2, 0) is 10.2 Å². The minimum atomic E-state index is -3.66. The van der Waals surface area contributed by atoms with Crippen molar-refractivity contribution in [2.45, 2.75) is 6.42 Å². The first kappa shape index (κ1) is 21.2. The molecule has 0 aliphatic carbocycles. The summed E-state index contributed by atoms with van der Waals surface area (Å²) in [5, 5.41) is 5.85. The van der Waals surface area contributed by atoms with Crippen molar-refractivity contribution in [2.24, 2.45) is 11.1 Å². The minimum Gasteiger partial charge on any atom is -0.493 e. The molecule has 0 saturated carbocycles. The highest BCUT2D eigenvalue weighted by molar-refractivity contribution is 7.87. The van der Waals surface area contributed by atoms with E-state index in [4.69, 9.17) is 24.6 Å². The standard InChI is InChI=1S/C20H24N6O4S/c1-29-17-9-15-16(10-18(17)30-2)24-19(14-4-6-22-7-5-14)25-20(15)26-11-13(12-26)3-8-23-31(21,27)28/h4-7,9-10,13,23H,3,8,11-12H2,1-2H3,(H2,21,27,28). The fourth-order valence-corrected chi connectivity index (χ4v) is 4.04. The lowest BCUT2D eigenvalue weighted by Crippen LogP contribution is -2.48. The molecule has 3 N–H and O–H groups in total. The smallest absolute Gasteiger partial charge is 0.274 e. The normalized spacial score (nSPS) is 14.5. The van der Waals surface area contributed by atoms with E-state index in [2.05, 4.69) is 14.6 Å². The van der Waals surface area contributed by atoms with Gasteiger partial charge in [0.15, 0.2) is 17.3 Å². The van der Waals surface area contributed by atoms with Crippen molar-refractivity contribution in [3.63, 3.8) is 0 Å². The molecule has 11 heteroatoms. The molecule has 1 fully saturated rings. The summed E-state index contributed by atoms with van der Waals surface area (Å²) in [6, 6.07) is 7.46. The van der Waals surface area contributed by atoms with Gasteiger partial charge in [0.05, 0.1) is 19.7 Å². The van der Waals surface area contributed by atoms with Gasteiger partial charge in [0.1, 0.15) is 5.82 Å². The highest BCUT2D eigenvalue weighted by Gasteiger charge is 2.30. The Morgan fingerprint density at radius 1 is 1.13 bits per heavy atom. The third kappa shape index (κ3) is 4.68. The molecule has 2 aromatic heterocycles. The number of fused-ring (bicyclic) bond motifs is 1. The summed E-state index contributed by atoms with van der Waals surface area (Å²) in [4.78, 5) is 15.8. The summed E-state index contributed by atoms with van der Waals surface area (Å²) in [5.74, 6) is 2.93. The van der Waals surface area contributed by atoms with Gasteiger partial charge in [-0.3, -0.25) is 4.98 Å². The van der Waals surface area contributed by atoms with Crippen LogP contribution in [0.25, 0.3) is 22.3 Å². The summed E-state index contributed by atoms with van der Waals surface area (Å²) in [5.41, 5.74) is 1.61. The van der Waals surface area contributed by atoms with Gasteiger partial charge in [-0.1, -0.05) is 0 Å². The van der Waals surface area contributed by atoms with E-state index in [0.717, 1.165) is 35.4 Å². The number of pyridine rings is 1. The number of nitrogens with one attached hydrogen (secondary N) is 1. The molecule has 10 nitrogen and oxygen atoms in total. The Kier molecular flexibility index (Phi) is 5.90. The van der Waals surface area contributed by atoms with E-state index in [9.17, 15) is 8.42 Å². The van der Waals surface area contributed by atoms with Gasteiger partial charge in [0.25, 0.3) is 10.2 Å². The molecular weight excluding hydrogens is 420 g/mol. The highest BCUT2D eigenvalue weighted by Crippen LogP contribution is 2.38. The molecule has 1 aliphatic rings. The van der Waals surface area contributed by atoms with Gasteiger partial charge in [0, 0.05) is 49.0 Å². The van der Waals surface area contributed by atoms with Crippen LogP contribution in [0, 0.1) is 5.92 Å². The maximum absolute atomic E-state index is 11.0. The maximum Gasteiger partial charge on any atom is 0.274 e. The molecule has 3 heterocycles. The van der Waals surface area contributed by atoms with Crippen LogP contribution in [0.15, 0.2) is 36.7 Å². The summed E-state index contributed by atoms with van der Waals surface area (Å²) in [7, 11) is -0.485. The first-order valence-electron chi connectivity index (χ1n) is 9.74. The summed E-state index contributed by atoms with van der Waals surface area (Å²) in [6.07, 6.45) is 4.11. The molecule has 0 radical (unpaired) electrons. The molecule has 1 aliphatic heterocycles. The van der Waals surface area contributed by atoms with Crippen LogP contribution in [0.3, 0.4) is 0 Å². The fraction of sp³-hybridized carbons (Fsp3) is 0.350. The molecule has 0 unspecified atom stereocenters. The lowest BCUT2D eigenvalue weighted by molar-refractivity contribution is 0.355. The first-order valence-corrected chi connectivity index (χ1v) is 11.3. The second-order valence-electron chi connectivity index (χ2n) is 7.33. The fourth-order valence-electron chi connectivity index (χ4n) is 3.64. The first-order chi connectivity index (χ1) is 14.9. The molecule has 0 bridgehead atoms. The number of hydrogen-bond donors (Lipinski definition) is 2. The molecule has 31 heavy (non-hydrogen) atoms. The van der Waals surface area contributed by atoms with Gasteiger partial charge in [0.2, 0.25) is 0 Å². The van der Waals surface area contributed by atoms with Gasteiger partial charge in [-0.25, -0.2) is 19.8 Å². The Labute approximate surface area is 180 Å². The number of benzene rings is 1. The number of anilines is 1. The maximum atomic E-state index is 11.0. The highest BCUT2D eigenvalue weighted by atomic mass is 32.2. The SMILES string of the molecule is COc1cc2nc(-c3ccncc3)nc(N3CC(CCNS(N)(=O)=O)C3)c2cc1OC. The zero-order valence-electron chi connectivity index (χ0n) is 17.3. The topological polar surface area (TPSA) is 133 Å². The second-order valence-corrected chi connectivity index (χ2v) is 8.71. The Bertz CT molecular complexity index is 1180. The zero-order chi connectivity index (χ0) is 22.0. The van der Waals surface area contributed by atoms with E-state index in [1.165, 1.54) is 0 Å². The number of ether oxygens (including phenoxy) is 2. The van der Waals surface area contributed by atoms with E-state index < -0.39 is 10.2 Å². The monoisotopic (exact) mass is 444 g/mol. The zero-order valence-corrected chi connectivity index (χ0v) is 18.1. The number of rotatable bonds is 8. The van der Waals surface area contributed by atoms with Crippen molar-refractivity contribution in [1.82, 2.24) is 19.7 Å². The van der Waals surface area contributed by atoms with Gasteiger partial charge < -0.3 is 14.4 Å². The van der Waals surface area contributed by atoms with Gasteiger partial charge in [-0.2, -0.15) is 8.42 Å². The lowest BCUT2D eigenvalue weighted by Gasteiger charge is -2.41. The van der Waals surface area contributed by atoms with E-state index in [1.807, 2.05) is 24.3 Å². The van der Waals surface area contributed by atoms with Crippen molar-refractivity contribution < 1.29 is 17.9 Å². The Morgan fingerprint density at radius 2 is 1.81 bits per heavy atom. The lowest BCUT2D eigenvalue weighted by atomic mass is 9.96. The van der Waals surface area contributed by atoms with Crippen LogP contribution in [0.5, 0.6) is 11.5 Å². The van der Waals surface area contributed by atoms with Crippen LogP contribution in [0.1, 0.15) is 6.42 Å². The molecule has 3 aromatic rings. The van der Waals surface area contributed by atoms with Crippen molar-refractivity contribution >= 4 is 26.9 Å². The van der Waals surface area contributed by atoms with Crippen molar-refractivity contribution in [3.8, 4) is 22.9 Å². The van der Waals surface area contributed by atoms with Crippen LogP contribution < -0.4 is 24.2 Å². The van der Waals surface area contributed by atoms with Crippen molar-refractivity contribution in [3.05, 3.63) is 36.7 Å². The molecule has 0 atom stereocenters. The number of methoxy groups -OCH3 is 2. The average Bonchev–Trinajstić information content (AvgIpc) is 2.73. The molecule has 0 amide bonds. The summed E-state index contributed by atoms with van der Waals surface area (Å²) < 4.78 is 35.3. The number of nitrogens with two attached hydrogens (primary N) is 1. The largest absolute Gasteiger partial charge is 0.493 e. The second kappa shape index (κ2) is 8.61. The molecule has 4 rings (SSSR count). The van der Waals surface area contributed by atoms with Gasteiger partial charge >= 0.3 is 0 Å². The molecule has 1 aromatic carbocycles. The van der Waals surface area contributed by atoms with Gasteiger partial charge in [-0.15, -0.1) is 0 Å². The Hall–Kier alpha value is -3.02. The molecular formula is C20H24N6O4S. The molecule has 1 saturated heterocycles. The number of hydrogen-bond acceptors (Lipinski definition) is 8. The van der Waals surface area contributed by atoms with E-state index >= 15 is 0 Å². The number of nitrogens with zero attached hydrogens (tertiary/aromatic N) is 4. The van der Waals surface area contributed by atoms with Gasteiger partial charge in [-0.05, 0) is 30.5 Å². The quantitative estimate of drug-likeness (QED) is 0.532. The Morgan fingerprint density at radius 3 is 2.45 bits per heavy atom.